The quantitative estimate of drug-likeness (QED) is 0.804. The molecule has 0 aliphatic carbocycles. The molecule has 0 radical (unpaired) electrons. The van der Waals surface area contributed by atoms with Gasteiger partial charge in [0, 0.05) is 6.04 Å². The number of halogens is 5. The summed E-state index contributed by atoms with van der Waals surface area (Å²) in [5.74, 6) is -0.908. The topological polar surface area (TPSA) is 26.0 Å². The summed E-state index contributed by atoms with van der Waals surface area (Å²) >= 11 is 0. The van der Waals surface area contributed by atoms with Gasteiger partial charge in [0.15, 0.2) is 0 Å². The Labute approximate surface area is 97.0 Å². The Bertz CT molecular complexity index is 351. The monoisotopic (exact) mass is 257 g/mol. The van der Waals surface area contributed by atoms with Gasteiger partial charge >= 0.3 is 6.18 Å². The molecule has 0 saturated carbocycles. The van der Waals surface area contributed by atoms with Crippen molar-refractivity contribution in [2.24, 2.45) is 5.73 Å². The maximum atomic E-state index is 12.7. The van der Waals surface area contributed by atoms with Crippen LogP contribution in [0.15, 0.2) is 18.2 Å². The van der Waals surface area contributed by atoms with Gasteiger partial charge in [-0.3, -0.25) is 0 Å². The number of hydrogen-bond donors (Lipinski definition) is 1. The predicted octanol–water partition coefficient (Wildman–Crippen LogP) is 3.68. The van der Waals surface area contributed by atoms with Crippen molar-refractivity contribution in [2.45, 2.75) is 25.6 Å². The first-order chi connectivity index (χ1) is 6.86. The van der Waals surface area contributed by atoms with E-state index in [1.54, 1.807) is 6.92 Å². The van der Waals surface area contributed by atoms with Crippen LogP contribution in [0.25, 0.3) is 0 Å². The highest BCUT2D eigenvalue weighted by molar-refractivity contribution is 5.85. The van der Waals surface area contributed by atoms with Crippen molar-refractivity contribution in [2.75, 3.05) is 0 Å². The molecule has 16 heavy (non-hydrogen) atoms. The van der Waals surface area contributed by atoms with Gasteiger partial charge in [-0.05, 0) is 24.1 Å². The van der Waals surface area contributed by atoms with Crippen molar-refractivity contribution in [3.63, 3.8) is 0 Å². The van der Waals surface area contributed by atoms with Crippen LogP contribution in [-0.2, 0) is 6.18 Å². The van der Waals surface area contributed by atoms with Crippen LogP contribution >= 0.6 is 12.4 Å². The van der Waals surface area contributed by atoms with Crippen LogP contribution in [0.5, 0.6) is 0 Å². The van der Waals surface area contributed by atoms with Crippen molar-refractivity contribution < 1.29 is 17.6 Å². The van der Waals surface area contributed by atoms with Gasteiger partial charge in [-0.1, -0.05) is 13.0 Å². The maximum absolute atomic E-state index is 12.7. The molecule has 0 aliphatic rings. The summed E-state index contributed by atoms with van der Waals surface area (Å²) in [7, 11) is 0. The Balaban J connectivity index is 0.00000225. The lowest BCUT2D eigenvalue weighted by Crippen LogP contribution is -2.17. The fourth-order valence-corrected chi connectivity index (χ4v) is 1.32. The highest BCUT2D eigenvalue weighted by Gasteiger charge is 2.34. The first-order valence-corrected chi connectivity index (χ1v) is 4.48. The van der Waals surface area contributed by atoms with E-state index in [2.05, 4.69) is 0 Å². The standard InChI is InChI=1S/C10H11F4N.ClH/c1-2-9(15)7-4-3-6(11)5-8(7)10(12,13)14;/h3-5,9H,2,15H2,1H3;1H/t9-;/m1./s1. The minimum Gasteiger partial charge on any atom is -0.324 e. The second-order valence-corrected chi connectivity index (χ2v) is 3.24. The minimum atomic E-state index is -4.57. The molecule has 0 bridgehead atoms. The smallest absolute Gasteiger partial charge is 0.324 e. The van der Waals surface area contributed by atoms with Gasteiger partial charge in [0.2, 0.25) is 0 Å². The first kappa shape index (κ1) is 15.2. The highest BCUT2D eigenvalue weighted by Crippen LogP contribution is 2.35. The third kappa shape index (κ3) is 3.35. The van der Waals surface area contributed by atoms with Crippen LogP contribution in [0.4, 0.5) is 17.6 Å². The summed E-state index contributed by atoms with van der Waals surface area (Å²) < 4.78 is 50.2. The molecule has 0 unspecified atom stereocenters. The van der Waals surface area contributed by atoms with Crippen molar-refractivity contribution in [1.82, 2.24) is 0 Å². The van der Waals surface area contributed by atoms with Gasteiger partial charge in [-0.2, -0.15) is 13.2 Å². The maximum Gasteiger partial charge on any atom is 0.416 e. The zero-order valence-electron chi connectivity index (χ0n) is 8.51. The molecule has 1 atom stereocenters. The molecule has 1 rings (SSSR count). The van der Waals surface area contributed by atoms with Crippen molar-refractivity contribution in [1.29, 1.82) is 0 Å². The average Bonchev–Trinajstić information content (AvgIpc) is 2.15. The number of alkyl halides is 3. The molecular weight excluding hydrogens is 246 g/mol. The number of benzene rings is 1. The van der Waals surface area contributed by atoms with Crippen LogP contribution in [-0.4, -0.2) is 0 Å². The Hall–Kier alpha value is -0.810. The van der Waals surface area contributed by atoms with E-state index < -0.39 is 23.6 Å². The molecule has 92 valence electrons. The SMILES string of the molecule is CC[C@@H](N)c1ccc(F)cc1C(F)(F)F.Cl. The second-order valence-electron chi connectivity index (χ2n) is 3.24. The molecule has 2 N–H and O–H groups in total. The number of hydrogen-bond acceptors (Lipinski definition) is 1. The molecule has 1 nitrogen and oxygen atoms in total. The van der Waals surface area contributed by atoms with Gasteiger partial charge in [-0.25, -0.2) is 4.39 Å². The van der Waals surface area contributed by atoms with E-state index in [1.807, 2.05) is 0 Å². The third-order valence-corrected chi connectivity index (χ3v) is 2.16. The van der Waals surface area contributed by atoms with E-state index >= 15 is 0 Å². The molecule has 0 aliphatic heterocycles. The van der Waals surface area contributed by atoms with E-state index in [0.29, 0.717) is 12.5 Å². The van der Waals surface area contributed by atoms with Gasteiger partial charge in [-0.15, -0.1) is 12.4 Å². The van der Waals surface area contributed by atoms with Gasteiger partial charge in [0.05, 0.1) is 5.56 Å². The second kappa shape index (κ2) is 5.50. The summed E-state index contributed by atoms with van der Waals surface area (Å²) in [4.78, 5) is 0. The predicted molar refractivity (Wildman–Crippen MR) is 55.9 cm³/mol. The van der Waals surface area contributed by atoms with Gasteiger partial charge in [0.25, 0.3) is 0 Å². The Morgan fingerprint density at radius 2 is 1.88 bits per heavy atom. The molecule has 0 fully saturated rings. The summed E-state index contributed by atoms with van der Waals surface area (Å²) in [5, 5.41) is 0. The van der Waals surface area contributed by atoms with Crippen molar-refractivity contribution in [3.05, 3.63) is 35.1 Å². The molecule has 0 aromatic heterocycles. The molecule has 0 heterocycles. The lowest BCUT2D eigenvalue weighted by atomic mass is 9.98. The summed E-state index contributed by atoms with van der Waals surface area (Å²) in [6, 6.07) is 1.83. The molecule has 1 aromatic carbocycles. The largest absolute Gasteiger partial charge is 0.416 e. The number of nitrogens with two attached hydrogens (primary N) is 1. The molecule has 0 spiro atoms. The van der Waals surface area contributed by atoms with E-state index in [1.165, 1.54) is 0 Å². The zero-order valence-corrected chi connectivity index (χ0v) is 9.33. The lowest BCUT2D eigenvalue weighted by Gasteiger charge is -2.16. The van der Waals surface area contributed by atoms with Crippen LogP contribution in [0.3, 0.4) is 0 Å². The minimum absolute atomic E-state index is 0. The zero-order chi connectivity index (χ0) is 11.6. The molecule has 0 amide bonds. The molecular formula is C10H12ClF4N. The van der Waals surface area contributed by atoms with Crippen LogP contribution in [0.1, 0.15) is 30.5 Å². The Kier molecular flexibility index (Phi) is 5.22. The highest BCUT2D eigenvalue weighted by atomic mass is 35.5. The number of rotatable bonds is 2. The summed E-state index contributed by atoms with van der Waals surface area (Å²) in [6.45, 7) is 1.67. The summed E-state index contributed by atoms with van der Waals surface area (Å²) in [5.41, 5.74) is 4.47. The van der Waals surface area contributed by atoms with Gasteiger partial charge < -0.3 is 5.73 Å². The Morgan fingerprint density at radius 3 is 2.31 bits per heavy atom. The van der Waals surface area contributed by atoms with Crippen LogP contribution < -0.4 is 5.73 Å². The van der Waals surface area contributed by atoms with Crippen molar-refractivity contribution in [3.8, 4) is 0 Å². The first-order valence-electron chi connectivity index (χ1n) is 4.48. The average molecular weight is 258 g/mol. The Morgan fingerprint density at radius 1 is 1.31 bits per heavy atom. The van der Waals surface area contributed by atoms with E-state index in [9.17, 15) is 17.6 Å². The summed E-state index contributed by atoms with van der Waals surface area (Å²) in [6.07, 6.45) is -4.20. The third-order valence-electron chi connectivity index (χ3n) is 2.16. The normalized spacial score (nSPS) is 13.1. The van der Waals surface area contributed by atoms with Gasteiger partial charge in [0.1, 0.15) is 5.82 Å². The van der Waals surface area contributed by atoms with E-state index in [-0.39, 0.29) is 18.0 Å². The molecule has 1 aromatic rings. The lowest BCUT2D eigenvalue weighted by molar-refractivity contribution is -0.138. The van der Waals surface area contributed by atoms with Crippen LogP contribution in [0.2, 0.25) is 0 Å². The fourth-order valence-electron chi connectivity index (χ4n) is 1.32. The fraction of sp³-hybridized carbons (Fsp3) is 0.400. The van der Waals surface area contributed by atoms with E-state index in [4.69, 9.17) is 5.73 Å². The molecule has 0 saturated heterocycles. The van der Waals surface area contributed by atoms with E-state index in [0.717, 1.165) is 12.1 Å². The molecule has 6 heteroatoms. The van der Waals surface area contributed by atoms with Crippen molar-refractivity contribution >= 4 is 12.4 Å². The van der Waals surface area contributed by atoms with Crippen LogP contribution in [0, 0.1) is 5.82 Å².